The highest BCUT2D eigenvalue weighted by Gasteiger charge is 2.28. The average molecular weight is 482 g/mol. The molecule has 0 spiro atoms. The molecule has 4 nitrogen and oxygen atoms in total. The van der Waals surface area contributed by atoms with E-state index in [1.807, 2.05) is 36.7 Å². The second-order valence-electron chi connectivity index (χ2n) is 10.7. The highest BCUT2D eigenvalue weighted by atomic mass is 15.1. The quantitative estimate of drug-likeness (QED) is 0.182. The molecule has 0 fully saturated rings. The van der Waals surface area contributed by atoms with Crippen LogP contribution in [0.1, 0.15) is 31.9 Å². The molecule has 0 N–H and O–H groups in total. The molecular formula is C33H29N4+. The number of rotatable bonds is 2. The molecule has 2 aromatic heterocycles. The molecule has 0 saturated carbocycles. The minimum atomic E-state index is -0.0316. The van der Waals surface area contributed by atoms with Crippen molar-refractivity contribution in [2.75, 3.05) is 0 Å². The topological polar surface area (TPSA) is 26.1 Å². The molecular weight excluding hydrogens is 452 g/mol. The molecule has 0 aliphatic carbocycles. The van der Waals surface area contributed by atoms with Gasteiger partial charge in [-0.1, -0.05) is 81.4 Å². The fourth-order valence-electron chi connectivity index (χ4n) is 5.65. The molecule has 0 aliphatic rings. The Bertz CT molecular complexity index is 1880. The molecule has 0 amide bonds. The van der Waals surface area contributed by atoms with Crippen molar-refractivity contribution in [3.05, 3.63) is 108 Å². The first kappa shape index (κ1) is 22.9. The Hall–Kier alpha value is -4.49. The Balaban J connectivity index is 1.87. The highest BCUT2D eigenvalue weighted by molar-refractivity contribution is 6.14. The predicted molar refractivity (Wildman–Crippen MR) is 152 cm³/mol. The van der Waals surface area contributed by atoms with Gasteiger partial charge in [-0.15, -0.1) is 0 Å². The summed E-state index contributed by atoms with van der Waals surface area (Å²) in [5.74, 6) is 0. The molecule has 180 valence electrons. The number of fused-ring (bicyclic) bond motifs is 4. The normalized spacial score (nSPS) is 11.9. The van der Waals surface area contributed by atoms with Crippen LogP contribution in [0.5, 0.6) is 0 Å². The Morgan fingerprint density at radius 3 is 2.22 bits per heavy atom. The summed E-state index contributed by atoms with van der Waals surface area (Å²) in [7, 11) is 2.07. The van der Waals surface area contributed by atoms with Crippen molar-refractivity contribution in [3.63, 3.8) is 0 Å². The molecule has 0 aliphatic heterocycles. The third-order valence-electron chi connectivity index (χ3n) is 7.39. The SMILES string of the molecule is [C-]#[N+]c1cccc2c3nc[n+](C)c(-c4cc(C(C)(C)C)c5ccccc5c4C)c3n(-c3ccccc3)c12. The van der Waals surface area contributed by atoms with E-state index in [-0.39, 0.29) is 5.41 Å². The summed E-state index contributed by atoms with van der Waals surface area (Å²) in [5.41, 5.74) is 9.25. The Morgan fingerprint density at radius 2 is 1.51 bits per heavy atom. The van der Waals surface area contributed by atoms with Crippen LogP contribution in [0.25, 0.3) is 54.5 Å². The summed E-state index contributed by atoms with van der Waals surface area (Å²) < 4.78 is 4.35. The molecule has 37 heavy (non-hydrogen) atoms. The number of hydrogen-bond acceptors (Lipinski definition) is 1. The smallest absolute Gasteiger partial charge is 0.287 e. The number of aryl methyl sites for hydroxylation is 2. The Kier molecular flexibility index (Phi) is 5.14. The first-order valence-electron chi connectivity index (χ1n) is 12.6. The fourth-order valence-corrected chi connectivity index (χ4v) is 5.65. The zero-order valence-electron chi connectivity index (χ0n) is 21.9. The summed E-state index contributed by atoms with van der Waals surface area (Å²) in [4.78, 5) is 8.82. The van der Waals surface area contributed by atoms with Gasteiger partial charge in [0.1, 0.15) is 5.52 Å². The van der Waals surface area contributed by atoms with E-state index in [1.54, 1.807) is 0 Å². The van der Waals surface area contributed by atoms with Gasteiger partial charge in [0.15, 0.2) is 5.69 Å². The van der Waals surface area contributed by atoms with Gasteiger partial charge in [-0.2, -0.15) is 0 Å². The molecule has 6 aromatic rings. The lowest BCUT2D eigenvalue weighted by Gasteiger charge is -2.24. The largest absolute Gasteiger partial charge is 0.312 e. The summed E-state index contributed by atoms with van der Waals surface area (Å²) in [6.45, 7) is 17.0. The van der Waals surface area contributed by atoms with Crippen LogP contribution in [0, 0.1) is 13.5 Å². The van der Waals surface area contributed by atoms with Crippen molar-refractivity contribution in [3.8, 4) is 16.9 Å². The monoisotopic (exact) mass is 481 g/mol. The lowest BCUT2D eigenvalue weighted by atomic mass is 9.80. The molecule has 0 unspecified atom stereocenters. The van der Waals surface area contributed by atoms with Crippen LogP contribution in [0.4, 0.5) is 5.69 Å². The summed E-state index contributed by atoms with van der Waals surface area (Å²) in [6, 6.07) is 27.3. The predicted octanol–water partition coefficient (Wildman–Crippen LogP) is 7.98. The van der Waals surface area contributed by atoms with E-state index in [2.05, 4.69) is 97.3 Å². The van der Waals surface area contributed by atoms with Gasteiger partial charge in [0, 0.05) is 16.6 Å². The van der Waals surface area contributed by atoms with Crippen molar-refractivity contribution >= 4 is 38.4 Å². The van der Waals surface area contributed by atoms with E-state index >= 15 is 0 Å². The minimum Gasteiger partial charge on any atom is -0.312 e. The van der Waals surface area contributed by atoms with Crippen LogP contribution in [-0.2, 0) is 12.5 Å². The van der Waals surface area contributed by atoms with E-state index in [9.17, 15) is 0 Å². The van der Waals surface area contributed by atoms with Gasteiger partial charge in [-0.3, -0.25) is 0 Å². The van der Waals surface area contributed by atoms with E-state index in [0.717, 1.165) is 33.3 Å². The van der Waals surface area contributed by atoms with E-state index in [4.69, 9.17) is 11.6 Å². The van der Waals surface area contributed by atoms with Crippen molar-refractivity contribution in [2.24, 2.45) is 7.05 Å². The summed E-state index contributed by atoms with van der Waals surface area (Å²) >= 11 is 0. The second kappa shape index (κ2) is 8.28. The maximum Gasteiger partial charge on any atom is 0.287 e. The van der Waals surface area contributed by atoms with Crippen molar-refractivity contribution < 1.29 is 4.57 Å². The molecule has 0 bridgehead atoms. The van der Waals surface area contributed by atoms with Crippen molar-refractivity contribution in [1.29, 1.82) is 0 Å². The lowest BCUT2D eigenvalue weighted by Crippen LogP contribution is -2.32. The highest BCUT2D eigenvalue weighted by Crippen LogP contribution is 2.42. The maximum absolute atomic E-state index is 7.93. The maximum atomic E-state index is 7.93. The van der Waals surface area contributed by atoms with Crippen LogP contribution in [0.2, 0.25) is 0 Å². The minimum absolute atomic E-state index is 0.0316. The van der Waals surface area contributed by atoms with Gasteiger partial charge >= 0.3 is 0 Å². The molecule has 4 aromatic carbocycles. The van der Waals surface area contributed by atoms with Gasteiger partial charge in [-0.25, -0.2) is 9.41 Å². The zero-order chi connectivity index (χ0) is 25.9. The van der Waals surface area contributed by atoms with Crippen LogP contribution in [0.15, 0.2) is 85.2 Å². The number of aromatic nitrogens is 3. The van der Waals surface area contributed by atoms with Crippen molar-refractivity contribution in [2.45, 2.75) is 33.1 Å². The first-order chi connectivity index (χ1) is 17.8. The lowest BCUT2D eigenvalue weighted by molar-refractivity contribution is -0.662. The van der Waals surface area contributed by atoms with E-state index in [1.165, 1.54) is 27.5 Å². The number of para-hydroxylation sites is 2. The summed E-state index contributed by atoms with van der Waals surface area (Å²) in [5, 5.41) is 3.55. The van der Waals surface area contributed by atoms with Crippen LogP contribution < -0.4 is 4.57 Å². The van der Waals surface area contributed by atoms with Crippen molar-refractivity contribution in [1.82, 2.24) is 9.55 Å². The van der Waals surface area contributed by atoms with Crippen LogP contribution >= 0.6 is 0 Å². The van der Waals surface area contributed by atoms with E-state index < -0.39 is 0 Å². The van der Waals surface area contributed by atoms with E-state index in [0.29, 0.717) is 5.69 Å². The number of hydrogen-bond donors (Lipinski definition) is 0. The average Bonchev–Trinajstić information content (AvgIpc) is 3.24. The summed E-state index contributed by atoms with van der Waals surface area (Å²) in [6.07, 6.45) is 1.91. The molecule has 4 heteroatoms. The third-order valence-corrected chi connectivity index (χ3v) is 7.39. The van der Waals surface area contributed by atoms with Gasteiger partial charge in [0.2, 0.25) is 11.2 Å². The first-order valence-corrected chi connectivity index (χ1v) is 12.6. The second-order valence-corrected chi connectivity index (χ2v) is 10.7. The van der Waals surface area contributed by atoms with Crippen LogP contribution in [0.3, 0.4) is 0 Å². The molecule has 0 saturated heterocycles. The zero-order valence-corrected chi connectivity index (χ0v) is 21.9. The number of nitrogens with zero attached hydrogens (tertiary/aromatic N) is 4. The molecule has 0 atom stereocenters. The molecule has 2 heterocycles. The molecule has 0 radical (unpaired) electrons. The van der Waals surface area contributed by atoms with Gasteiger partial charge in [0.25, 0.3) is 6.33 Å². The van der Waals surface area contributed by atoms with Gasteiger partial charge < -0.3 is 4.57 Å². The third kappa shape index (κ3) is 3.42. The standard InChI is InChI=1S/C33H29N4/c1-21-23-15-10-11-16-24(23)27(33(2,3)4)19-26(21)31-32-29(35-20-36(31)6)25-17-12-18-28(34-5)30(25)37(32)22-13-8-7-9-14-22/h7-20H,1-4,6H3/q+1. The fraction of sp³-hybridized carbons (Fsp3) is 0.182. The molecule has 6 rings (SSSR count). The number of benzene rings is 4. The van der Waals surface area contributed by atoms with Gasteiger partial charge in [0.05, 0.1) is 19.1 Å². The van der Waals surface area contributed by atoms with Crippen LogP contribution in [-0.4, -0.2) is 9.55 Å². The Morgan fingerprint density at radius 1 is 0.838 bits per heavy atom. The Labute approximate surface area is 217 Å². The van der Waals surface area contributed by atoms with Gasteiger partial charge in [-0.05, 0) is 57.4 Å².